The first kappa shape index (κ1) is 49.2. The number of hydrogen-bond donors (Lipinski definition) is 2. The summed E-state index contributed by atoms with van der Waals surface area (Å²) in [6.07, 6.45) is 53.0. The van der Waals surface area contributed by atoms with Crippen LogP contribution in [-0.2, 0) is 19.3 Å². The second-order valence-corrected chi connectivity index (χ2v) is 17.6. The number of benzene rings is 2. The predicted octanol–water partition coefficient (Wildman–Crippen LogP) is 17.9. The van der Waals surface area contributed by atoms with Crippen LogP contribution < -0.4 is 0 Å². The van der Waals surface area contributed by atoms with E-state index in [1.807, 2.05) is 12.1 Å². The van der Waals surface area contributed by atoms with Crippen LogP contribution in [0.2, 0.25) is 0 Å². The van der Waals surface area contributed by atoms with Gasteiger partial charge in [-0.2, -0.15) is 0 Å². The molecule has 0 bridgehead atoms. The average Bonchev–Trinajstić information content (AvgIpc) is 3.18. The number of aromatic hydroxyl groups is 2. The smallest absolute Gasteiger partial charge is 0.119 e. The average molecular weight is 761 g/mol. The molecule has 55 heavy (non-hydrogen) atoms. The van der Waals surface area contributed by atoms with Gasteiger partial charge in [-0.3, -0.25) is 0 Å². The quantitative estimate of drug-likeness (QED) is 0.0664. The Morgan fingerprint density at radius 3 is 0.727 bits per heavy atom. The minimum absolute atomic E-state index is 0.363. The molecule has 0 amide bonds. The van der Waals surface area contributed by atoms with E-state index < -0.39 is 0 Å². The highest BCUT2D eigenvalue weighted by atomic mass is 16.3. The third kappa shape index (κ3) is 28.1. The first-order valence-corrected chi connectivity index (χ1v) is 24.8. The molecular weight excluding hydrogens is 669 g/mol. The minimum atomic E-state index is 0.363. The fourth-order valence-electron chi connectivity index (χ4n) is 8.50. The monoisotopic (exact) mass is 761 g/mol. The minimum Gasteiger partial charge on any atom is -0.508 e. The van der Waals surface area contributed by atoms with Gasteiger partial charge in [-0.15, -0.1) is 0 Å². The molecule has 0 saturated heterocycles. The van der Waals surface area contributed by atoms with Gasteiger partial charge in [0.1, 0.15) is 11.5 Å². The Morgan fingerprint density at radius 2 is 0.509 bits per heavy atom. The first-order chi connectivity index (χ1) is 27.1. The third-order valence-electron chi connectivity index (χ3n) is 12.3. The molecule has 2 N–H and O–H groups in total. The molecule has 2 aromatic carbocycles. The zero-order valence-corrected chi connectivity index (χ0v) is 36.9. The molecule has 0 saturated carbocycles. The molecule has 0 unspecified atom stereocenters. The fourth-order valence-corrected chi connectivity index (χ4v) is 8.50. The Morgan fingerprint density at radius 1 is 0.291 bits per heavy atom. The summed E-state index contributed by atoms with van der Waals surface area (Å²) >= 11 is 0. The number of phenolic OH excluding ortho intramolecular Hbond substituents is 2. The number of rotatable bonds is 40. The zero-order valence-electron chi connectivity index (χ0n) is 36.9. The maximum absolute atomic E-state index is 10.8. The van der Waals surface area contributed by atoms with Crippen LogP contribution in [0.15, 0.2) is 36.4 Å². The van der Waals surface area contributed by atoms with Crippen molar-refractivity contribution in [1.82, 2.24) is 0 Å². The molecular formula is C53H92O2. The molecule has 0 atom stereocenters. The molecule has 0 heterocycles. The molecule has 0 aliphatic rings. The van der Waals surface area contributed by atoms with Gasteiger partial charge in [0.05, 0.1) is 0 Å². The standard InChI is InChI=1S/C53H92O2/c1-3-5-7-9-11-13-15-17-19-21-23-25-27-29-31-33-35-37-39-48-41-43-50(52(54)45-48)47-51-44-42-49(46-53(51)55)40-38-36-34-32-30-28-26-24-22-20-18-16-14-12-10-8-6-4-2/h41-46,54-55H,3-40,47H2,1-2H3. The van der Waals surface area contributed by atoms with Crippen LogP contribution in [0, 0.1) is 0 Å². The van der Waals surface area contributed by atoms with Gasteiger partial charge in [0, 0.05) is 6.42 Å². The molecule has 0 spiro atoms. The second kappa shape index (κ2) is 36.4. The van der Waals surface area contributed by atoms with Gasteiger partial charge < -0.3 is 10.2 Å². The summed E-state index contributed by atoms with van der Waals surface area (Å²) in [6, 6.07) is 12.4. The lowest BCUT2D eigenvalue weighted by Crippen LogP contribution is -1.94. The molecule has 2 heteroatoms. The Bertz CT molecular complexity index is 1030. The Hall–Kier alpha value is -1.96. The first-order valence-electron chi connectivity index (χ1n) is 24.8. The summed E-state index contributed by atoms with van der Waals surface area (Å²) in [5.41, 5.74) is 4.24. The van der Waals surface area contributed by atoms with Gasteiger partial charge in [-0.25, -0.2) is 0 Å². The van der Waals surface area contributed by atoms with Gasteiger partial charge in [0.25, 0.3) is 0 Å². The van der Waals surface area contributed by atoms with Crippen molar-refractivity contribution in [2.75, 3.05) is 0 Å². The van der Waals surface area contributed by atoms with Crippen molar-refractivity contribution >= 4 is 0 Å². The van der Waals surface area contributed by atoms with Crippen LogP contribution in [0.3, 0.4) is 0 Å². The molecule has 0 fully saturated rings. The van der Waals surface area contributed by atoms with Crippen LogP contribution in [0.25, 0.3) is 0 Å². The molecule has 2 rings (SSSR count). The highest BCUT2D eigenvalue weighted by Gasteiger charge is 2.09. The van der Waals surface area contributed by atoms with E-state index >= 15 is 0 Å². The maximum Gasteiger partial charge on any atom is 0.119 e. The summed E-state index contributed by atoms with van der Waals surface area (Å²) in [5.74, 6) is 0.726. The second-order valence-electron chi connectivity index (χ2n) is 17.6. The molecule has 2 nitrogen and oxygen atoms in total. The van der Waals surface area contributed by atoms with Crippen molar-refractivity contribution in [3.63, 3.8) is 0 Å². The molecule has 0 aliphatic heterocycles. The lowest BCUT2D eigenvalue weighted by molar-refractivity contribution is 0.462. The largest absolute Gasteiger partial charge is 0.508 e. The van der Waals surface area contributed by atoms with E-state index in [4.69, 9.17) is 0 Å². The molecule has 0 radical (unpaired) electrons. The van der Waals surface area contributed by atoms with Gasteiger partial charge in [0.15, 0.2) is 0 Å². The Kier molecular flexibility index (Phi) is 32.5. The topological polar surface area (TPSA) is 40.5 Å². The van der Waals surface area contributed by atoms with Crippen molar-refractivity contribution in [2.24, 2.45) is 0 Å². The van der Waals surface area contributed by atoms with Crippen molar-refractivity contribution in [1.29, 1.82) is 0 Å². The Labute approximate surface area is 343 Å². The molecule has 2 aromatic rings. The zero-order chi connectivity index (χ0) is 39.3. The molecule has 0 aliphatic carbocycles. The summed E-state index contributed by atoms with van der Waals surface area (Å²) < 4.78 is 0. The van der Waals surface area contributed by atoms with Crippen molar-refractivity contribution in [2.45, 2.75) is 264 Å². The van der Waals surface area contributed by atoms with E-state index in [9.17, 15) is 10.2 Å². The van der Waals surface area contributed by atoms with Crippen molar-refractivity contribution < 1.29 is 10.2 Å². The van der Waals surface area contributed by atoms with E-state index in [-0.39, 0.29) is 0 Å². The van der Waals surface area contributed by atoms with E-state index in [0.29, 0.717) is 17.9 Å². The number of hydrogen-bond acceptors (Lipinski definition) is 2. The fraction of sp³-hybridized carbons (Fsp3) is 0.774. The number of unbranched alkanes of at least 4 members (excludes halogenated alkanes) is 34. The number of aryl methyl sites for hydroxylation is 2. The van der Waals surface area contributed by atoms with Crippen LogP contribution in [0.1, 0.15) is 267 Å². The predicted molar refractivity (Wildman–Crippen MR) is 244 cm³/mol. The summed E-state index contributed by atoms with van der Waals surface area (Å²) in [4.78, 5) is 0. The third-order valence-corrected chi connectivity index (χ3v) is 12.3. The van der Waals surface area contributed by atoms with Crippen LogP contribution in [0.5, 0.6) is 11.5 Å². The van der Waals surface area contributed by atoms with Crippen LogP contribution in [0.4, 0.5) is 0 Å². The lowest BCUT2D eigenvalue weighted by Gasteiger charge is -2.11. The Balaban J connectivity index is 1.43. The lowest BCUT2D eigenvalue weighted by atomic mass is 9.97. The highest BCUT2D eigenvalue weighted by Crippen LogP contribution is 2.28. The van der Waals surface area contributed by atoms with Crippen molar-refractivity contribution in [3.05, 3.63) is 58.7 Å². The van der Waals surface area contributed by atoms with E-state index in [1.54, 1.807) is 0 Å². The van der Waals surface area contributed by atoms with E-state index in [0.717, 1.165) is 24.0 Å². The van der Waals surface area contributed by atoms with Gasteiger partial charge in [-0.1, -0.05) is 256 Å². The van der Waals surface area contributed by atoms with E-state index in [2.05, 4.69) is 38.1 Å². The normalized spacial score (nSPS) is 11.5. The maximum atomic E-state index is 10.8. The molecule has 316 valence electrons. The summed E-state index contributed by atoms with van der Waals surface area (Å²) in [5, 5.41) is 21.6. The number of phenols is 2. The molecule has 0 aromatic heterocycles. The SMILES string of the molecule is CCCCCCCCCCCCCCCCCCCCc1ccc(Cc2ccc(CCCCCCCCCCCCCCCCCCCC)cc2O)c(O)c1. The van der Waals surface area contributed by atoms with Gasteiger partial charge >= 0.3 is 0 Å². The van der Waals surface area contributed by atoms with Crippen molar-refractivity contribution in [3.8, 4) is 11.5 Å². The van der Waals surface area contributed by atoms with Crippen LogP contribution in [-0.4, -0.2) is 10.2 Å². The summed E-state index contributed by atoms with van der Waals surface area (Å²) in [7, 11) is 0. The van der Waals surface area contributed by atoms with Crippen LogP contribution >= 0.6 is 0 Å². The van der Waals surface area contributed by atoms with Gasteiger partial charge in [0.2, 0.25) is 0 Å². The van der Waals surface area contributed by atoms with Gasteiger partial charge in [-0.05, 0) is 60.1 Å². The summed E-state index contributed by atoms with van der Waals surface area (Å²) in [6.45, 7) is 4.59. The van der Waals surface area contributed by atoms with E-state index in [1.165, 1.54) is 242 Å². The highest BCUT2D eigenvalue weighted by molar-refractivity contribution is 5.44.